The summed E-state index contributed by atoms with van der Waals surface area (Å²) in [5, 5.41) is 8.83. The summed E-state index contributed by atoms with van der Waals surface area (Å²) in [5.41, 5.74) is 0.378. The first-order valence-corrected chi connectivity index (χ1v) is 6.83. The molecule has 1 N–H and O–H groups in total. The molecule has 0 atom stereocenters. The number of hydrogen-bond acceptors (Lipinski definition) is 3. The van der Waals surface area contributed by atoms with Crippen LogP contribution in [0.1, 0.15) is 0 Å². The normalized spacial score (nSPS) is 10.8. The Bertz CT molecular complexity index is 678. The van der Waals surface area contributed by atoms with Crippen LogP contribution in [0.5, 0.6) is 0 Å². The lowest BCUT2D eigenvalue weighted by atomic mass is 10.2. The van der Waals surface area contributed by atoms with Gasteiger partial charge in [0.1, 0.15) is 5.82 Å². The van der Waals surface area contributed by atoms with Gasteiger partial charge in [-0.05, 0) is 39.5 Å². The molecule has 3 aromatic rings. The van der Waals surface area contributed by atoms with Crippen LogP contribution in [-0.4, -0.2) is 15.2 Å². The topological polar surface area (TPSA) is 41.6 Å². The summed E-state index contributed by atoms with van der Waals surface area (Å²) in [6.07, 6.45) is 0. The van der Waals surface area contributed by atoms with Crippen molar-refractivity contribution in [3.63, 3.8) is 0 Å². The number of nitrogens with zero attached hydrogens (tertiary/aromatic N) is 2. The smallest absolute Gasteiger partial charge is 0.184 e. The third-order valence-electron chi connectivity index (χ3n) is 2.43. The van der Waals surface area contributed by atoms with Crippen LogP contribution < -0.4 is 0 Å². The summed E-state index contributed by atoms with van der Waals surface area (Å²) < 4.78 is 14.3. The van der Waals surface area contributed by atoms with Crippen molar-refractivity contribution < 1.29 is 4.39 Å². The Hall–Kier alpha value is -1.53. The van der Waals surface area contributed by atoms with E-state index in [0.717, 1.165) is 4.88 Å². The molecule has 0 saturated carbocycles. The average Bonchev–Trinajstić information content (AvgIpc) is 3.01. The van der Waals surface area contributed by atoms with Crippen LogP contribution in [0.15, 0.2) is 40.2 Å². The summed E-state index contributed by atoms with van der Waals surface area (Å²) in [4.78, 5) is 5.28. The van der Waals surface area contributed by atoms with Crippen LogP contribution in [-0.2, 0) is 0 Å². The zero-order valence-electron chi connectivity index (χ0n) is 9.02. The Labute approximate surface area is 115 Å². The number of benzene rings is 1. The molecule has 2 heterocycles. The first-order valence-electron chi connectivity index (χ1n) is 5.16. The predicted octanol–water partition coefficient (Wildman–Crippen LogP) is 4.10. The zero-order valence-corrected chi connectivity index (χ0v) is 11.4. The van der Waals surface area contributed by atoms with Crippen molar-refractivity contribution >= 4 is 27.3 Å². The highest BCUT2D eigenvalue weighted by Crippen LogP contribution is 2.27. The molecule has 6 heteroatoms. The highest BCUT2D eigenvalue weighted by Gasteiger charge is 2.13. The minimum absolute atomic E-state index is 0.353. The van der Waals surface area contributed by atoms with E-state index in [0.29, 0.717) is 21.7 Å². The lowest BCUT2D eigenvalue weighted by Gasteiger charge is -1.99. The standard InChI is InChI=1S/C12H7BrFN3S/c13-8-4-1-3-7(10(8)14)11-15-12(17-16-11)9-5-2-6-18-9/h1-6H,(H,15,16,17). The van der Waals surface area contributed by atoms with Gasteiger partial charge in [-0.25, -0.2) is 9.37 Å². The Kier molecular flexibility index (Phi) is 2.97. The second-order valence-electron chi connectivity index (χ2n) is 3.59. The maximum Gasteiger partial charge on any atom is 0.184 e. The number of aromatic nitrogens is 3. The molecular weight excluding hydrogens is 317 g/mol. The molecule has 3 rings (SSSR count). The van der Waals surface area contributed by atoms with Crippen molar-refractivity contribution in [2.24, 2.45) is 0 Å². The molecule has 3 nitrogen and oxygen atoms in total. The number of aromatic amines is 1. The molecule has 0 spiro atoms. The van der Waals surface area contributed by atoms with Gasteiger partial charge in [-0.3, -0.25) is 5.10 Å². The highest BCUT2D eigenvalue weighted by atomic mass is 79.9. The molecule has 0 unspecified atom stereocenters. The van der Waals surface area contributed by atoms with Crippen molar-refractivity contribution in [1.82, 2.24) is 15.2 Å². The largest absolute Gasteiger partial charge is 0.258 e. The predicted molar refractivity (Wildman–Crippen MR) is 72.8 cm³/mol. The third kappa shape index (κ3) is 1.97. The van der Waals surface area contributed by atoms with Crippen molar-refractivity contribution in [3.05, 3.63) is 46.0 Å². The SMILES string of the molecule is Fc1c(Br)cccc1-c1n[nH]c(-c2cccs2)n1. The van der Waals surface area contributed by atoms with Gasteiger partial charge in [0.15, 0.2) is 11.6 Å². The van der Waals surface area contributed by atoms with Crippen LogP contribution in [0, 0.1) is 5.82 Å². The van der Waals surface area contributed by atoms with E-state index in [1.807, 2.05) is 17.5 Å². The fraction of sp³-hybridized carbons (Fsp3) is 0. The van der Waals surface area contributed by atoms with Crippen molar-refractivity contribution in [3.8, 4) is 22.1 Å². The van der Waals surface area contributed by atoms with E-state index in [2.05, 4.69) is 31.1 Å². The van der Waals surface area contributed by atoms with Crippen LogP contribution in [0.3, 0.4) is 0 Å². The third-order valence-corrected chi connectivity index (χ3v) is 3.92. The summed E-state index contributed by atoms with van der Waals surface area (Å²) >= 11 is 4.71. The molecular formula is C12H7BrFN3S. The quantitative estimate of drug-likeness (QED) is 0.771. The molecule has 0 aliphatic carbocycles. The van der Waals surface area contributed by atoms with E-state index in [-0.39, 0.29) is 5.82 Å². The molecule has 18 heavy (non-hydrogen) atoms. The Morgan fingerprint density at radius 3 is 2.89 bits per heavy atom. The second-order valence-corrected chi connectivity index (χ2v) is 5.39. The molecule has 0 aliphatic rings. The van der Waals surface area contributed by atoms with Crippen molar-refractivity contribution in [2.45, 2.75) is 0 Å². The number of halogens is 2. The molecule has 2 aromatic heterocycles. The fourth-order valence-electron chi connectivity index (χ4n) is 1.58. The molecule has 0 saturated heterocycles. The van der Waals surface area contributed by atoms with Gasteiger partial charge >= 0.3 is 0 Å². The summed E-state index contributed by atoms with van der Waals surface area (Å²) in [6, 6.07) is 8.92. The van der Waals surface area contributed by atoms with E-state index >= 15 is 0 Å². The summed E-state index contributed by atoms with van der Waals surface area (Å²) in [6.45, 7) is 0. The Morgan fingerprint density at radius 1 is 1.22 bits per heavy atom. The molecule has 0 amide bonds. The van der Waals surface area contributed by atoms with Crippen molar-refractivity contribution in [2.75, 3.05) is 0 Å². The van der Waals surface area contributed by atoms with Crippen molar-refractivity contribution in [1.29, 1.82) is 0 Å². The number of nitrogens with one attached hydrogen (secondary N) is 1. The second kappa shape index (κ2) is 4.62. The summed E-state index contributed by atoms with van der Waals surface area (Å²) in [7, 11) is 0. The molecule has 1 aromatic carbocycles. The monoisotopic (exact) mass is 323 g/mol. The van der Waals surface area contributed by atoms with Crippen LogP contribution in [0.2, 0.25) is 0 Å². The molecule has 0 aliphatic heterocycles. The zero-order chi connectivity index (χ0) is 12.5. The van der Waals surface area contributed by atoms with Gasteiger partial charge in [-0.1, -0.05) is 12.1 Å². The number of thiophene rings is 1. The first kappa shape index (κ1) is 11.6. The highest BCUT2D eigenvalue weighted by molar-refractivity contribution is 9.10. The maximum atomic E-state index is 13.9. The van der Waals surface area contributed by atoms with Crippen LogP contribution in [0.25, 0.3) is 22.1 Å². The number of rotatable bonds is 2. The van der Waals surface area contributed by atoms with Gasteiger partial charge in [-0.2, -0.15) is 5.10 Å². The van der Waals surface area contributed by atoms with E-state index in [9.17, 15) is 4.39 Å². The molecule has 0 bridgehead atoms. The van der Waals surface area contributed by atoms with Crippen LogP contribution >= 0.6 is 27.3 Å². The van der Waals surface area contributed by atoms with Gasteiger partial charge in [-0.15, -0.1) is 11.3 Å². The van der Waals surface area contributed by atoms with Gasteiger partial charge in [0.2, 0.25) is 0 Å². The molecule has 0 radical (unpaired) electrons. The molecule has 90 valence electrons. The lowest BCUT2D eigenvalue weighted by molar-refractivity contribution is 0.623. The lowest BCUT2D eigenvalue weighted by Crippen LogP contribution is -1.87. The van der Waals surface area contributed by atoms with E-state index in [1.165, 1.54) is 0 Å². The van der Waals surface area contributed by atoms with Gasteiger partial charge in [0.25, 0.3) is 0 Å². The fourth-order valence-corrected chi connectivity index (χ4v) is 2.61. The van der Waals surface area contributed by atoms with Gasteiger partial charge in [0.05, 0.1) is 14.9 Å². The minimum atomic E-state index is -0.353. The maximum absolute atomic E-state index is 13.9. The Morgan fingerprint density at radius 2 is 2.11 bits per heavy atom. The minimum Gasteiger partial charge on any atom is -0.258 e. The number of hydrogen-bond donors (Lipinski definition) is 1. The first-order chi connectivity index (χ1) is 8.75. The van der Waals surface area contributed by atoms with Gasteiger partial charge < -0.3 is 0 Å². The molecule has 0 fully saturated rings. The van der Waals surface area contributed by atoms with Gasteiger partial charge in [0, 0.05) is 0 Å². The number of H-pyrrole nitrogens is 1. The average molecular weight is 324 g/mol. The van der Waals surface area contributed by atoms with E-state index in [4.69, 9.17) is 0 Å². The van der Waals surface area contributed by atoms with Crippen LogP contribution in [0.4, 0.5) is 4.39 Å². The van der Waals surface area contributed by atoms with E-state index < -0.39 is 0 Å². The van der Waals surface area contributed by atoms with E-state index in [1.54, 1.807) is 29.5 Å². The summed E-state index contributed by atoms with van der Waals surface area (Å²) in [5.74, 6) is 0.658. The Balaban J connectivity index is 2.06.